The van der Waals surface area contributed by atoms with E-state index in [0.29, 0.717) is 26.2 Å². The van der Waals surface area contributed by atoms with Gasteiger partial charge in [-0.25, -0.2) is 4.79 Å². The number of nitrogens with zero attached hydrogens (tertiary/aromatic N) is 1. The molecule has 2 unspecified atom stereocenters. The molecule has 0 aliphatic carbocycles. The summed E-state index contributed by atoms with van der Waals surface area (Å²) in [6, 6.07) is 2.41. The van der Waals surface area contributed by atoms with Crippen LogP contribution < -0.4 is 14.8 Å². The van der Waals surface area contributed by atoms with Crippen molar-refractivity contribution >= 4 is 11.7 Å². The van der Waals surface area contributed by atoms with Gasteiger partial charge in [-0.2, -0.15) is 0 Å². The number of nitro groups is 1. The molecule has 0 spiro atoms. The Morgan fingerprint density at radius 2 is 2.20 bits per heavy atom. The van der Waals surface area contributed by atoms with Gasteiger partial charge in [-0.15, -0.1) is 0 Å². The largest absolute Gasteiger partial charge is 0.493 e. The van der Waals surface area contributed by atoms with Crippen molar-refractivity contribution in [1.29, 1.82) is 0 Å². The van der Waals surface area contributed by atoms with Crippen molar-refractivity contribution in [2.24, 2.45) is 0 Å². The maximum absolute atomic E-state index is 11.8. The third-order valence-corrected chi connectivity index (χ3v) is 3.96. The quantitative estimate of drug-likeness (QED) is 0.446. The van der Waals surface area contributed by atoms with Crippen molar-refractivity contribution in [2.45, 2.75) is 25.5 Å². The normalized spacial score (nSPS) is 18.3. The standard InChI is InChI=1S/C16H22N2O7/c1-4-13(11-9-24-6-5-17-11)25-15-8-12(18(20)21)10(16(19)23-3)7-14(15)22-2/h7-8,11,13,17H,4-6,9H2,1-3H3. The molecule has 0 aromatic heterocycles. The first-order valence-corrected chi connectivity index (χ1v) is 7.94. The van der Waals surface area contributed by atoms with Gasteiger partial charge in [0.1, 0.15) is 11.7 Å². The lowest BCUT2D eigenvalue weighted by Gasteiger charge is -2.31. The molecule has 25 heavy (non-hydrogen) atoms. The van der Waals surface area contributed by atoms with E-state index in [1.165, 1.54) is 19.2 Å². The third kappa shape index (κ3) is 4.37. The topological polar surface area (TPSA) is 109 Å². The van der Waals surface area contributed by atoms with Gasteiger partial charge < -0.3 is 24.3 Å². The highest BCUT2D eigenvalue weighted by Gasteiger charge is 2.29. The van der Waals surface area contributed by atoms with E-state index in [-0.39, 0.29) is 29.2 Å². The van der Waals surface area contributed by atoms with E-state index < -0.39 is 16.6 Å². The third-order valence-electron chi connectivity index (χ3n) is 3.96. The molecule has 2 atom stereocenters. The van der Waals surface area contributed by atoms with Crippen LogP contribution in [0.5, 0.6) is 11.5 Å². The molecule has 138 valence electrons. The lowest BCUT2D eigenvalue weighted by atomic mass is 10.1. The Balaban J connectivity index is 2.36. The van der Waals surface area contributed by atoms with E-state index in [1.54, 1.807) is 0 Å². The first-order chi connectivity index (χ1) is 12.0. The Labute approximate surface area is 145 Å². The Hall–Kier alpha value is -2.39. The van der Waals surface area contributed by atoms with E-state index in [2.05, 4.69) is 10.1 Å². The zero-order valence-corrected chi connectivity index (χ0v) is 14.4. The Kier molecular flexibility index (Phi) is 6.54. The molecule has 1 heterocycles. The van der Waals surface area contributed by atoms with Crippen LogP contribution in [0.4, 0.5) is 5.69 Å². The first-order valence-electron chi connectivity index (χ1n) is 7.94. The molecule has 9 heteroatoms. The van der Waals surface area contributed by atoms with Crippen molar-refractivity contribution < 1.29 is 28.7 Å². The van der Waals surface area contributed by atoms with Gasteiger partial charge in [-0.1, -0.05) is 6.92 Å². The minimum Gasteiger partial charge on any atom is -0.493 e. The summed E-state index contributed by atoms with van der Waals surface area (Å²) < 4.78 is 21.2. The summed E-state index contributed by atoms with van der Waals surface area (Å²) in [6.45, 7) is 3.78. The summed E-state index contributed by atoms with van der Waals surface area (Å²) in [5, 5.41) is 14.6. The fourth-order valence-corrected chi connectivity index (χ4v) is 2.66. The predicted octanol–water partition coefficient (Wildman–Crippen LogP) is 1.54. The molecule has 1 aliphatic rings. The molecule has 1 fully saturated rings. The minimum absolute atomic E-state index is 0.0391. The van der Waals surface area contributed by atoms with Crippen LogP contribution in [0.3, 0.4) is 0 Å². The number of methoxy groups -OCH3 is 2. The molecule has 1 aliphatic heterocycles. The van der Waals surface area contributed by atoms with Crippen molar-refractivity contribution in [3.63, 3.8) is 0 Å². The molecule has 9 nitrogen and oxygen atoms in total. The van der Waals surface area contributed by atoms with Gasteiger partial charge in [0.2, 0.25) is 0 Å². The SMILES string of the molecule is CCC(Oc1cc([N+](=O)[O-])c(C(=O)OC)cc1OC)C1COCCN1. The van der Waals surface area contributed by atoms with E-state index in [0.717, 1.165) is 7.11 Å². The minimum atomic E-state index is -0.814. The lowest BCUT2D eigenvalue weighted by Crippen LogP contribution is -2.50. The second-order valence-corrected chi connectivity index (χ2v) is 5.47. The summed E-state index contributed by atoms with van der Waals surface area (Å²) in [7, 11) is 2.56. The Bertz CT molecular complexity index is 629. The molecule has 1 aromatic rings. The van der Waals surface area contributed by atoms with E-state index in [4.69, 9.17) is 14.2 Å². The monoisotopic (exact) mass is 354 g/mol. The number of ether oxygens (including phenoxy) is 4. The highest BCUT2D eigenvalue weighted by molar-refractivity contribution is 5.95. The van der Waals surface area contributed by atoms with E-state index >= 15 is 0 Å². The summed E-state index contributed by atoms with van der Waals surface area (Å²) in [6.07, 6.45) is 0.397. The number of nitro benzene ring substituents is 1. The number of esters is 1. The maximum Gasteiger partial charge on any atom is 0.345 e. The number of carbonyl (C=O) groups is 1. The zero-order valence-electron chi connectivity index (χ0n) is 14.4. The van der Waals surface area contributed by atoms with Crippen molar-refractivity contribution in [2.75, 3.05) is 34.0 Å². The highest BCUT2D eigenvalue weighted by atomic mass is 16.6. The Morgan fingerprint density at radius 3 is 2.72 bits per heavy atom. The van der Waals surface area contributed by atoms with E-state index in [9.17, 15) is 14.9 Å². The second-order valence-electron chi connectivity index (χ2n) is 5.47. The van der Waals surface area contributed by atoms with Gasteiger partial charge >= 0.3 is 5.97 Å². The summed E-state index contributed by atoms with van der Waals surface area (Å²) in [4.78, 5) is 22.5. The number of benzene rings is 1. The fourth-order valence-electron chi connectivity index (χ4n) is 2.66. The molecule has 1 saturated heterocycles. The van der Waals surface area contributed by atoms with Crippen LogP contribution in [0.2, 0.25) is 0 Å². The average molecular weight is 354 g/mol. The van der Waals surface area contributed by atoms with Crippen LogP contribution in [0.1, 0.15) is 23.7 Å². The molecule has 0 saturated carbocycles. The predicted molar refractivity (Wildman–Crippen MR) is 88.3 cm³/mol. The molecule has 1 aromatic carbocycles. The van der Waals surface area contributed by atoms with E-state index in [1.807, 2.05) is 6.92 Å². The number of morpholine rings is 1. The molecule has 0 amide bonds. The fraction of sp³-hybridized carbons (Fsp3) is 0.562. The molecule has 0 radical (unpaired) electrons. The lowest BCUT2D eigenvalue weighted by molar-refractivity contribution is -0.385. The number of hydrogen-bond acceptors (Lipinski definition) is 8. The summed E-state index contributed by atoms with van der Waals surface area (Å²) in [5.74, 6) is -0.395. The molecule has 0 bridgehead atoms. The average Bonchev–Trinajstić information content (AvgIpc) is 2.65. The molecular formula is C16H22N2O7. The van der Waals surface area contributed by atoms with Gasteiger partial charge in [0.15, 0.2) is 11.5 Å². The van der Waals surface area contributed by atoms with Crippen molar-refractivity contribution in [3.8, 4) is 11.5 Å². The van der Waals surface area contributed by atoms with Gasteiger partial charge in [-0.05, 0) is 6.42 Å². The van der Waals surface area contributed by atoms with Crippen molar-refractivity contribution in [3.05, 3.63) is 27.8 Å². The number of nitrogens with one attached hydrogen (secondary N) is 1. The summed E-state index contributed by atoms with van der Waals surface area (Å²) in [5.41, 5.74) is -0.589. The molecule has 1 N–H and O–H groups in total. The smallest absolute Gasteiger partial charge is 0.345 e. The number of rotatable bonds is 7. The van der Waals surface area contributed by atoms with Crippen LogP contribution in [0.15, 0.2) is 12.1 Å². The van der Waals surface area contributed by atoms with Gasteiger partial charge in [0, 0.05) is 12.6 Å². The van der Waals surface area contributed by atoms with Crippen LogP contribution in [-0.2, 0) is 9.47 Å². The Morgan fingerprint density at radius 1 is 1.44 bits per heavy atom. The molecule has 2 rings (SSSR count). The maximum atomic E-state index is 11.8. The van der Waals surface area contributed by atoms with Crippen LogP contribution in [0.25, 0.3) is 0 Å². The zero-order chi connectivity index (χ0) is 18.4. The van der Waals surface area contributed by atoms with Crippen LogP contribution >= 0.6 is 0 Å². The van der Waals surface area contributed by atoms with Crippen LogP contribution in [0, 0.1) is 10.1 Å². The highest BCUT2D eigenvalue weighted by Crippen LogP contribution is 2.36. The number of carbonyl (C=O) groups excluding carboxylic acids is 1. The summed E-state index contributed by atoms with van der Waals surface area (Å²) >= 11 is 0. The van der Waals surface area contributed by atoms with Crippen LogP contribution in [-0.4, -0.2) is 57.0 Å². The second kappa shape index (κ2) is 8.63. The van der Waals surface area contributed by atoms with Gasteiger partial charge in [0.25, 0.3) is 5.69 Å². The van der Waals surface area contributed by atoms with Gasteiger partial charge in [-0.3, -0.25) is 10.1 Å². The molecular weight excluding hydrogens is 332 g/mol. The van der Waals surface area contributed by atoms with Crippen molar-refractivity contribution in [1.82, 2.24) is 5.32 Å². The number of hydrogen-bond donors (Lipinski definition) is 1. The van der Waals surface area contributed by atoms with Gasteiger partial charge in [0.05, 0.1) is 44.5 Å². The first kappa shape index (κ1) is 18.9.